The summed E-state index contributed by atoms with van der Waals surface area (Å²) in [5.41, 5.74) is -0.293. The molecular weight excluding hydrogens is 568 g/mol. The Morgan fingerprint density at radius 1 is 1.15 bits per heavy atom. The molecule has 2 fully saturated rings. The van der Waals surface area contributed by atoms with Gasteiger partial charge in [0.25, 0.3) is 5.91 Å². The molecule has 1 saturated heterocycles. The Hall–Kier alpha value is -3.65. The second kappa shape index (κ2) is 12.1. The third-order valence-electron chi connectivity index (χ3n) is 6.60. The molecule has 12 nitrogen and oxygen atoms in total. The van der Waals surface area contributed by atoms with Gasteiger partial charge in [-0.15, -0.1) is 22.7 Å². The first-order chi connectivity index (χ1) is 19.3. The molecule has 3 N–H and O–H groups in total. The van der Waals surface area contributed by atoms with E-state index in [1.807, 2.05) is 6.92 Å². The number of ether oxygens (including phenoxy) is 1. The first-order valence-corrected chi connectivity index (χ1v) is 15.0. The van der Waals surface area contributed by atoms with Crippen molar-refractivity contribution in [1.29, 1.82) is 0 Å². The van der Waals surface area contributed by atoms with Crippen LogP contribution in [0.1, 0.15) is 75.3 Å². The van der Waals surface area contributed by atoms with Gasteiger partial charge in [-0.25, -0.2) is 14.8 Å². The minimum absolute atomic E-state index is 0.111. The van der Waals surface area contributed by atoms with Crippen molar-refractivity contribution < 1.29 is 28.7 Å². The van der Waals surface area contributed by atoms with Crippen molar-refractivity contribution in [2.45, 2.75) is 83.5 Å². The van der Waals surface area contributed by atoms with Gasteiger partial charge in [-0.05, 0) is 53.4 Å². The maximum atomic E-state index is 12.9. The lowest BCUT2D eigenvalue weighted by molar-refractivity contribution is -0.132. The van der Waals surface area contributed by atoms with E-state index in [4.69, 9.17) is 4.74 Å². The molecule has 41 heavy (non-hydrogen) atoms. The number of nitrogens with one attached hydrogen (secondary N) is 3. The number of Topliss-reactive ketones (excluding diaryl/α,β-unsaturated/α-hetero) is 1. The maximum Gasteiger partial charge on any atom is 0.414 e. The number of ketones is 1. The van der Waals surface area contributed by atoms with Crippen LogP contribution in [0, 0.1) is 0 Å². The summed E-state index contributed by atoms with van der Waals surface area (Å²) in [6.45, 7) is 7.36. The third kappa shape index (κ3) is 7.55. The molecule has 1 aliphatic heterocycles. The molecule has 14 heteroatoms. The summed E-state index contributed by atoms with van der Waals surface area (Å²) >= 11 is 2.63. The van der Waals surface area contributed by atoms with Gasteiger partial charge >= 0.3 is 6.09 Å². The summed E-state index contributed by atoms with van der Waals surface area (Å²) in [7, 11) is 1.53. The van der Waals surface area contributed by atoms with Gasteiger partial charge in [0.05, 0.1) is 18.5 Å². The first kappa shape index (κ1) is 30.3. The lowest BCUT2D eigenvalue weighted by Gasteiger charge is -2.28. The minimum Gasteiger partial charge on any atom is -0.443 e. The number of hydrogen-bond acceptors (Lipinski definition) is 10. The molecule has 1 atom stereocenters. The maximum absolute atomic E-state index is 12.9. The largest absolute Gasteiger partial charge is 0.443 e. The zero-order chi connectivity index (χ0) is 29.9. The second-order valence-corrected chi connectivity index (χ2v) is 12.9. The van der Waals surface area contributed by atoms with E-state index in [1.165, 1.54) is 40.7 Å². The Labute approximate surface area is 246 Å². The van der Waals surface area contributed by atoms with Crippen LogP contribution in [-0.4, -0.2) is 68.7 Å². The molecule has 3 heterocycles. The van der Waals surface area contributed by atoms with Crippen LogP contribution in [0.4, 0.5) is 4.79 Å². The predicted octanol–water partition coefficient (Wildman–Crippen LogP) is 3.15. The van der Waals surface area contributed by atoms with Crippen molar-refractivity contribution in [1.82, 2.24) is 30.8 Å². The summed E-state index contributed by atoms with van der Waals surface area (Å²) in [6, 6.07) is -0.111. The molecule has 0 unspecified atom stereocenters. The molecule has 4 amide bonds. The first-order valence-electron chi connectivity index (χ1n) is 13.3. The lowest BCUT2D eigenvalue weighted by atomic mass is 10.1. The SMILES string of the molecule is CNC(=O)c1csc(-c2csc(CNC(=O)CC(=O)C3(NC(=O)/C=C4/CC[C@H](C)N4C(=O)OC(C)(C)C)CC3)n2)n1. The van der Waals surface area contributed by atoms with Crippen LogP contribution in [0.15, 0.2) is 22.5 Å². The Balaban J connectivity index is 1.29. The van der Waals surface area contributed by atoms with Gasteiger partial charge in [0.15, 0.2) is 5.78 Å². The van der Waals surface area contributed by atoms with E-state index >= 15 is 0 Å². The fourth-order valence-electron chi connectivity index (χ4n) is 4.33. The third-order valence-corrected chi connectivity index (χ3v) is 8.31. The van der Waals surface area contributed by atoms with Crippen LogP contribution in [0.5, 0.6) is 0 Å². The van der Waals surface area contributed by atoms with Gasteiger partial charge in [-0.3, -0.25) is 24.1 Å². The van der Waals surface area contributed by atoms with Crippen LogP contribution in [0.25, 0.3) is 10.7 Å². The fraction of sp³-hybridized carbons (Fsp3) is 0.519. The Morgan fingerprint density at radius 2 is 1.88 bits per heavy atom. The van der Waals surface area contributed by atoms with Gasteiger partial charge in [0, 0.05) is 35.6 Å². The van der Waals surface area contributed by atoms with Crippen molar-refractivity contribution in [2.24, 2.45) is 0 Å². The Kier molecular flexibility index (Phi) is 8.92. The van der Waals surface area contributed by atoms with Gasteiger partial charge in [-0.2, -0.15) is 0 Å². The molecular formula is C27H34N6O6S2. The highest BCUT2D eigenvalue weighted by Crippen LogP contribution is 2.38. The number of allylic oxidation sites excluding steroid dienone is 1. The van der Waals surface area contributed by atoms with Gasteiger partial charge in [0.2, 0.25) is 11.8 Å². The van der Waals surface area contributed by atoms with Gasteiger partial charge in [-0.1, -0.05) is 0 Å². The van der Waals surface area contributed by atoms with Crippen molar-refractivity contribution in [3.63, 3.8) is 0 Å². The van der Waals surface area contributed by atoms with Crippen molar-refractivity contribution in [3.05, 3.63) is 33.2 Å². The number of carbonyl (C=O) groups excluding carboxylic acids is 5. The summed E-state index contributed by atoms with van der Waals surface area (Å²) in [4.78, 5) is 72.9. The summed E-state index contributed by atoms with van der Waals surface area (Å²) < 4.78 is 5.49. The molecule has 4 rings (SSSR count). The quantitative estimate of drug-likeness (QED) is 0.292. The molecule has 2 aromatic rings. The Morgan fingerprint density at radius 3 is 2.54 bits per heavy atom. The zero-order valence-electron chi connectivity index (χ0n) is 23.7. The number of carbonyl (C=O) groups is 5. The van der Waals surface area contributed by atoms with E-state index in [-0.39, 0.29) is 30.7 Å². The van der Waals surface area contributed by atoms with Crippen LogP contribution in [0.2, 0.25) is 0 Å². The molecule has 0 spiro atoms. The van der Waals surface area contributed by atoms with Crippen molar-refractivity contribution >= 4 is 52.3 Å². The smallest absolute Gasteiger partial charge is 0.414 e. The molecule has 1 aliphatic carbocycles. The molecule has 2 aliphatic rings. The summed E-state index contributed by atoms with van der Waals surface area (Å²) in [5, 5.41) is 12.6. The van der Waals surface area contributed by atoms with E-state index in [0.29, 0.717) is 52.8 Å². The van der Waals surface area contributed by atoms with E-state index in [2.05, 4.69) is 25.9 Å². The lowest BCUT2D eigenvalue weighted by Crippen LogP contribution is -2.44. The zero-order valence-corrected chi connectivity index (χ0v) is 25.3. The summed E-state index contributed by atoms with van der Waals surface area (Å²) in [6.07, 6.45) is 2.59. The molecule has 1 saturated carbocycles. The van der Waals surface area contributed by atoms with E-state index < -0.39 is 29.0 Å². The molecule has 0 aromatic carbocycles. The van der Waals surface area contributed by atoms with Crippen molar-refractivity contribution in [3.8, 4) is 10.7 Å². The highest BCUT2D eigenvalue weighted by Gasteiger charge is 2.51. The van der Waals surface area contributed by atoms with Crippen LogP contribution in [-0.2, 0) is 25.7 Å². The number of thiazole rings is 2. The van der Waals surface area contributed by atoms with E-state index in [9.17, 15) is 24.0 Å². The average Bonchev–Trinajstić information content (AvgIpc) is 3.24. The average molecular weight is 603 g/mol. The van der Waals surface area contributed by atoms with Crippen LogP contribution in [0.3, 0.4) is 0 Å². The molecule has 0 bridgehead atoms. The standard InChI is InChI=1S/C27H34N6O6S2/c1-15-6-7-16(33(15)25(38)39-26(2,3)4)10-21(36)32-27(8-9-27)19(34)11-20(35)29-12-22-30-18(14-40-22)24-31-17(13-41-24)23(37)28-5/h10,13-15H,6-9,11-12H2,1-5H3,(H,28,37)(H,29,35)(H,32,36)/b16-10-/t15-/m0/s1. The van der Waals surface area contributed by atoms with Crippen LogP contribution < -0.4 is 16.0 Å². The fourth-order valence-corrected chi connectivity index (χ4v) is 5.88. The predicted molar refractivity (Wildman–Crippen MR) is 153 cm³/mol. The molecule has 0 radical (unpaired) electrons. The number of nitrogens with zero attached hydrogens (tertiary/aromatic N) is 3. The highest BCUT2D eigenvalue weighted by molar-refractivity contribution is 7.14. The summed E-state index contributed by atoms with van der Waals surface area (Å²) in [5.74, 6) is -1.60. The molecule has 220 valence electrons. The van der Waals surface area contributed by atoms with Gasteiger partial charge in [0.1, 0.15) is 27.0 Å². The van der Waals surface area contributed by atoms with E-state index in [1.54, 1.807) is 31.5 Å². The normalized spacial score (nSPS) is 18.6. The number of likely N-dealkylation sites (tertiary alicyclic amines) is 1. The number of aromatic nitrogens is 2. The monoisotopic (exact) mass is 602 g/mol. The van der Waals surface area contributed by atoms with Crippen molar-refractivity contribution in [2.75, 3.05) is 7.05 Å². The van der Waals surface area contributed by atoms with Gasteiger partial charge < -0.3 is 20.7 Å². The van der Waals surface area contributed by atoms with Crippen LogP contribution >= 0.6 is 22.7 Å². The van der Waals surface area contributed by atoms with E-state index in [0.717, 1.165) is 0 Å². The minimum atomic E-state index is -1.08. The second-order valence-electron chi connectivity index (χ2n) is 11.1. The molecule has 2 aromatic heterocycles. The number of rotatable bonds is 9. The number of hydrogen-bond donors (Lipinski definition) is 3. The Bertz CT molecular complexity index is 1390. The highest BCUT2D eigenvalue weighted by atomic mass is 32.1. The number of amides is 4. The topological polar surface area (TPSA) is 160 Å².